The first-order valence-corrected chi connectivity index (χ1v) is 7.29. The van der Waals surface area contributed by atoms with Gasteiger partial charge in [-0.2, -0.15) is 0 Å². The van der Waals surface area contributed by atoms with E-state index in [4.69, 9.17) is 16.3 Å². The number of aromatic nitrogens is 1. The molecule has 0 saturated carbocycles. The normalized spacial score (nSPS) is 19.2. The number of halogens is 1. The van der Waals surface area contributed by atoms with Gasteiger partial charge in [-0.1, -0.05) is 11.6 Å². The van der Waals surface area contributed by atoms with Crippen LogP contribution in [0, 0.1) is 5.92 Å². The summed E-state index contributed by atoms with van der Waals surface area (Å²) in [4.78, 5) is 17.8. The van der Waals surface area contributed by atoms with E-state index >= 15 is 0 Å². The summed E-state index contributed by atoms with van der Waals surface area (Å²) in [6.07, 6.45) is 3.42. The van der Waals surface area contributed by atoms with Crippen LogP contribution in [-0.2, 0) is 11.2 Å². The molecule has 0 N–H and O–H groups in total. The van der Waals surface area contributed by atoms with Gasteiger partial charge in [-0.3, -0.25) is 0 Å². The van der Waals surface area contributed by atoms with Crippen molar-refractivity contribution in [2.45, 2.75) is 39.2 Å². The lowest BCUT2D eigenvalue weighted by molar-refractivity contribution is 0.0288. The molecule has 0 unspecified atom stereocenters. The van der Waals surface area contributed by atoms with Crippen LogP contribution < -0.4 is 0 Å². The molecule has 1 amide bonds. The molecule has 0 radical (unpaired) electrons. The smallest absolute Gasteiger partial charge is 0.410 e. The van der Waals surface area contributed by atoms with Crippen molar-refractivity contribution in [1.29, 1.82) is 0 Å². The number of hydrogen-bond acceptors (Lipinski definition) is 3. The van der Waals surface area contributed by atoms with Crippen molar-refractivity contribution < 1.29 is 9.53 Å². The van der Waals surface area contributed by atoms with Gasteiger partial charge in [0, 0.05) is 19.3 Å². The van der Waals surface area contributed by atoms with E-state index in [1.54, 1.807) is 11.1 Å². The first kappa shape index (κ1) is 15.1. The van der Waals surface area contributed by atoms with Gasteiger partial charge in [-0.05, 0) is 57.2 Å². The summed E-state index contributed by atoms with van der Waals surface area (Å²) >= 11 is 5.89. The Labute approximate surface area is 125 Å². The van der Waals surface area contributed by atoms with Gasteiger partial charge in [0.1, 0.15) is 10.8 Å². The number of carbonyl (C=O) groups is 1. The van der Waals surface area contributed by atoms with E-state index in [1.807, 2.05) is 32.9 Å². The van der Waals surface area contributed by atoms with Crippen molar-refractivity contribution in [3.05, 3.63) is 29.0 Å². The van der Waals surface area contributed by atoms with Crippen molar-refractivity contribution in [3.8, 4) is 0 Å². The van der Waals surface area contributed by atoms with Crippen molar-refractivity contribution in [3.63, 3.8) is 0 Å². The first-order valence-electron chi connectivity index (χ1n) is 6.92. The predicted molar refractivity (Wildman–Crippen MR) is 78.9 cm³/mol. The lowest BCUT2D eigenvalue weighted by Gasteiger charge is -2.24. The molecule has 1 aromatic rings. The quantitative estimate of drug-likeness (QED) is 0.784. The van der Waals surface area contributed by atoms with Crippen molar-refractivity contribution >= 4 is 17.7 Å². The molecule has 5 heteroatoms. The van der Waals surface area contributed by atoms with Crippen LogP contribution in [0.1, 0.15) is 32.8 Å². The van der Waals surface area contributed by atoms with E-state index in [-0.39, 0.29) is 6.09 Å². The third-order valence-electron chi connectivity index (χ3n) is 3.25. The summed E-state index contributed by atoms with van der Waals surface area (Å²) < 4.78 is 5.40. The molecule has 0 aliphatic carbocycles. The summed E-state index contributed by atoms with van der Waals surface area (Å²) in [6.45, 7) is 7.17. The highest BCUT2D eigenvalue weighted by Gasteiger charge is 2.29. The Bertz CT molecular complexity index is 485. The SMILES string of the molecule is CC(C)(C)OC(=O)N1CC[C@H](Cc2ccnc(Cl)c2)C1. The Hall–Kier alpha value is -1.29. The number of rotatable bonds is 2. The van der Waals surface area contributed by atoms with Gasteiger partial charge in [0.15, 0.2) is 0 Å². The zero-order valence-corrected chi connectivity index (χ0v) is 13.0. The molecule has 1 aliphatic rings. The lowest BCUT2D eigenvalue weighted by Crippen LogP contribution is -2.35. The minimum Gasteiger partial charge on any atom is -0.444 e. The zero-order chi connectivity index (χ0) is 14.8. The minimum atomic E-state index is -0.437. The number of likely N-dealkylation sites (tertiary alicyclic amines) is 1. The maximum Gasteiger partial charge on any atom is 0.410 e. The van der Waals surface area contributed by atoms with Gasteiger partial charge in [0.05, 0.1) is 0 Å². The van der Waals surface area contributed by atoms with E-state index in [2.05, 4.69) is 4.98 Å². The molecule has 1 fully saturated rings. The molecule has 0 spiro atoms. The Morgan fingerprint density at radius 2 is 2.30 bits per heavy atom. The average molecular weight is 297 g/mol. The fraction of sp³-hybridized carbons (Fsp3) is 0.600. The maximum absolute atomic E-state index is 12.0. The monoisotopic (exact) mass is 296 g/mol. The van der Waals surface area contributed by atoms with Gasteiger partial charge >= 0.3 is 6.09 Å². The minimum absolute atomic E-state index is 0.215. The summed E-state index contributed by atoms with van der Waals surface area (Å²) in [5.41, 5.74) is 0.731. The molecule has 0 bridgehead atoms. The second-order valence-corrected chi connectivity index (χ2v) is 6.66. The standard InChI is InChI=1S/C15H21ClN2O2/c1-15(2,3)20-14(19)18-7-5-12(10-18)8-11-4-6-17-13(16)9-11/h4,6,9,12H,5,7-8,10H2,1-3H3/t12-/m1/s1. The Morgan fingerprint density at radius 3 is 2.95 bits per heavy atom. The number of nitrogens with zero attached hydrogens (tertiary/aromatic N) is 2. The summed E-state index contributed by atoms with van der Waals surface area (Å²) in [7, 11) is 0. The van der Waals surface area contributed by atoms with Gasteiger partial charge in [0.2, 0.25) is 0 Å². The number of hydrogen-bond donors (Lipinski definition) is 0. The topological polar surface area (TPSA) is 42.4 Å². The number of pyridine rings is 1. The van der Waals surface area contributed by atoms with Crippen LogP contribution in [-0.4, -0.2) is 34.7 Å². The average Bonchev–Trinajstić information content (AvgIpc) is 2.75. The van der Waals surface area contributed by atoms with Gasteiger partial charge in [-0.15, -0.1) is 0 Å². The summed E-state index contributed by atoms with van der Waals surface area (Å²) in [5.74, 6) is 0.459. The fourth-order valence-electron chi connectivity index (χ4n) is 2.39. The molecule has 2 heterocycles. The molecule has 20 heavy (non-hydrogen) atoms. The number of ether oxygens (including phenoxy) is 1. The number of carbonyl (C=O) groups excluding carboxylic acids is 1. The van der Waals surface area contributed by atoms with E-state index in [9.17, 15) is 4.79 Å². The van der Waals surface area contributed by atoms with Crippen LogP contribution in [0.25, 0.3) is 0 Å². The molecular weight excluding hydrogens is 276 g/mol. The Morgan fingerprint density at radius 1 is 1.55 bits per heavy atom. The van der Waals surface area contributed by atoms with Crippen LogP contribution >= 0.6 is 11.6 Å². The molecule has 1 atom stereocenters. The van der Waals surface area contributed by atoms with E-state index in [0.717, 1.165) is 25.9 Å². The largest absolute Gasteiger partial charge is 0.444 e. The summed E-state index contributed by atoms with van der Waals surface area (Å²) in [5, 5.41) is 0.518. The molecule has 0 aromatic carbocycles. The molecule has 110 valence electrons. The van der Waals surface area contributed by atoms with E-state index in [1.165, 1.54) is 5.56 Å². The highest BCUT2D eigenvalue weighted by Crippen LogP contribution is 2.23. The second-order valence-electron chi connectivity index (χ2n) is 6.27. The van der Waals surface area contributed by atoms with Gasteiger partial charge in [-0.25, -0.2) is 9.78 Å². The van der Waals surface area contributed by atoms with Crippen LogP contribution in [0.15, 0.2) is 18.3 Å². The van der Waals surface area contributed by atoms with Crippen LogP contribution in [0.5, 0.6) is 0 Å². The highest BCUT2D eigenvalue weighted by atomic mass is 35.5. The molecule has 4 nitrogen and oxygen atoms in total. The first-order chi connectivity index (χ1) is 9.33. The van der Waals surface area contributed by atoms with Crippen LogP contribution in [0.4, 0.5) is 4.79 Å². The van der Waals surface area contributed by atoms with Gasteiger partial charge < -0.3 is 9.64 Å². The third-order valence-corrected chi connectivity index (χ3v) is 3.46. The summed E-state index contributed by atoms with van der Waals surface area (Å²) in [6, 6.07) is 3.86. The van der Waals surface area contributed by atoms with Crippen LogP contribution in [0.3, 0.4) is 0 Å². The fourth-order valence-corrected chi connectivity index (χ4v) is 2.59. The third kappa shape index (κ3) is 4.37. The molecule has 1 aliphatic heterocycles. The molecule has 2 rings (SSSR count). The molecule has 1 aromatic heterocycles. The van der Waals surface area contributed by atoms with Crippen molar-refractivity contribution in [2.24, 2.45) is 5.92 Å². The number of amides is 1. The lowest BCUT2D eigenvalue weighted by atomic mass is 10.00. The van der Waals surface area contributed by atoms with E-state index < -0.39 is 5.60 Å². The molecule has 1 saturated heterocycles. The van der Waals surface area contributed by atoms with Crippen molar-refractivity contribution in [1.82, 2.24) is 9.88 Å². The second kappa shape index (κ2) is 6.00. The zero-order valence-electron chi connectivity index (χ0n) is 12.2. The Balaban J connectivity index is 1.88. The maximum atomic E-state index is 12.0. The van der Waals surface area contributed by atoms with E-state index in [0.29, 0.717) is 11.1 Å². The predicted octanol–water partition coefficient (Wildman–Crippen LogP) is 3.53. The molecular formula is C15H21ClN2O2. The van der Waals surface area contributed by atoms with Gasteiger partial charge in [0.25, 0.3) is 0 Å². The Kier molecular flexibility index (Phi) is 4.53. The van der Waals surface area contributed by atoms with Crippen LogP contribution in [0.2, 0.25) is 5.15 Å². The van der Waals surface area contributed by atoms with Crippen molar-refractivity contribution in [2.75, 3.05) is 13.1 Å². The highest BCUT2D eigenvalue weighted by molar-refractivity contribution is 6.29.